The minimum Gasteiger partial charge on any atom is -0.248 e. The Morgan fingerprint density at radius 2 is 1.78 bits per heavy atom. The van der Waals surface area contributed by atoms with Crippen LogP contribution in [0, 0.1) is 6.92 Å². The van der Waals surface area contributed by atoms with Gasteiger partial charge in [-0.25, -0.2) is 4.98 Å². The van der Waals surface area contributed by atoms with Gasteiger partial charge in [0.2, 0.25) is 0 Å². The zero-order valence-electron chi connectivity index (χ0n) is 10.0. The maximum Gasteiger partial charge on any atom is 0.0724 e. The number of halogens is 1. The molecule has 0 aliphatic carbocycles. The van der Waals surface area contributed by atoms with Crippen molar-refractivity contribution in [3.8, 4) is 11.3 Å². The van der Waals surface area contributed by atoms with Gasteiger partial charge in [0.05, 0.1) is 11.2 Å². The van der Waals surface area contributed by atoms with Crippen LogP contribution < -0.4 is 0 Å². The van der Waals surface area contributed by atoms with Crippen LogP contribution in [0.1, 0.15) is 5.56 Å². The van der Waals surface area contributed by atoms with E-state index in [9.17, 15) is 0 Å². The van der Waals surface area contributed by atoms with Crippen molar-refractivity contribution >= 4 is 22.5 Å². The SMILES string of the molecule is Cc1ccc2nc(-c3ccccc3Cl)ccc2c1. The topological polar surface area (TPSA) is 12.9 Å². The average molecular weight is 254 g/mol. The van der Waals surface area contributed by atoms with Crippen molar-refractivity contribution in [2.75, 3.05) is 0 Å². The van der Waals surface area contributed by atoms with Gasteiger partial charge in [0.25, 0.3) is 0 Å². The summed E-state index contributed by atoms with van der Waals surface area (Å²) in [5.74, 6) is 0. The first-order valence-corrected chi connectivity index (χ1v) is 6.24. The van der Waals surface area contributed by atoms with E-state index in [1.165, 1.54) is 5.56 Å². The molecule has 2 aromatic carbocycles. The lowest BCUT2D eigenvalue weighted by atomic mass is 10.1. The van der Waals surface area contributed by atoms with Crippen LogP contribution in [0.25, 0.3) is 22.2 Å². The van der Waals surface area contributed by atoms with Crippen LogP contribution in [-0.4, -0.2) is 4.98 Å². The Morgan fingerprint density at radius 1 is 0.944 bits per heavy atom. The summed E-state index contributed by atoms with van der Waals surface area (Å²) in [7, 11) is 0. The van der Waals surface area contributed by atoms with Crippen molar-refractivity contribution in [2.24, 2.45) is 0 Å². The molecule has 3 rings (SSSR count). The molecular formula is C16H12ClN. The van der Waals surface area contributed by atoms with Gasteiger partial charge in [-0.3, -0.25) is 0 Å². The fourth-order valence-electron chi connectivity index (χ4n) is 2.06. The number of rotatable bonds is 1. The Kier molecular flexibility index (Phi) is 2.77. The second kappa shape index (κ2) is 4.43. The quantitative estimate of drug-likeness (QED) is 0.603. The molecule has 0 N–H and O–H groups in total. The van der Waals surface area contributed by atoms with Gasteiger partial charge < -0.3 is 0 Å². The summed E-state index contributed by atoms with van der Waals surface area (Å²) >= 11 is 6.20. The highest BCUT2D eigenvalue weighted by Crippen LogP contribution is 2.27. The third-order valence-electron chi connectivity index (χ3n) is 2.99. The molecule has 0 saturated heterocycles. The van der Waals surface area contributed by atoms with Crippen LogP contribution in [0.2, 0.25) is 5.02 Å². The lowest BCUT2D eigenvalue weighted by molar-refractivity contribution is 1.38. The van der Waals surface area contributed by atoms with Crippen molar-refractivity contribution in [1.82, 2.24) is 4.98 Å². The van der Waals surface area contributed by atoms with E-state index in [2.05, 4.69) is 30.1 Å². The van der Waals surface area contributed by atoms with Gasteiger partial charge in [-0.2, -0.15) is 0 Å². The van der Waals surface area contributed by atoms with E-state index in [1.54, 1.807) is 0 Å². The Hall–Kier alpha value is -1.86. The molecule has 0 fully saturated rings. The minimum atomic E-state index is 0.733. The molecule has 88 valence electrons. The largest absolute Gasteiger partial charge is 0.248 e. The third kappa shape index (κ3) is 1.98. The smallest absolute Gasteiger partial charge is 0.0724 e. The molecule has 0 radical (unpaired) electrons. The second-order valence-electron chi connectivity index (χ2n) is 4.37. The monoisotopic (exact) mass is 253 g/mol. The summed E-state index contributed by atoms with van der Waals surface area (Å²) in [6.07, 6.45) is 0. The van der Waals surface area contributed by atoms with Crippen molar-refractivity contribution in [3.05, 3.63) is 65.2 Å². The zero-order valence-corrected chi connectivity index (χ0v) is 10.8. The number of aromatic nitrogens is 1. The molecule has 1 heterocycles. The van der Waals surface area contributed by atoms with E-state index in [4.69, 9.17) is 11.6 Å². The van der Waals surface area contributed by atoms with E-state index in [-0.39, 0.29) is 0 Å². The number of fused-ring (bicyclic) bond motifs is 1. The number of aryl methyl sites for hydroxylation is 1. The number of hydrogen-bond donors (Lipinski definition) is 0. The average Bonchev–Trinajstić information content (AvgIpc) is 2.39. The lowest BCUT2D eigenvalue weighted by Gasteiger charge is -2.05. The van der Waals surface area contributed by atoms with Crippen molar-refractivity contribution in [1.29, 1.82) is 0 Å². The van der Waals surface area contributed by atoms with Gasteiger partial charge in [0.1, 0.15) is 0 Å². The van der Waals surface area contributed by atoms with Crippen LogP contribution in [-0.2, 0) is 0 Å². The summed E-state index contributed by atoms with van der Waals surface area (Å²) in [6, 6.07) is 18.1. The predicted molar refractivity (Wildman–Crippen MR) is 76.9 cm³/mol. The highest BCUT2D eigenvalue weighted by Gasteiger charge is 2.05. The highest BCUT2D eigenvalue weighted by molar-refractivity contribution is 6.33. The molecule has 0 saturated carbocycles. The molecule has 1 aromatic heterocycles. The molecule has 3 aromatic rings. The lowest BCUT2D eigenvalue weighted by Crippen LogP contribution is -1.86. The van der Waals surface area contributed by atoms with Gasteiger partial charge >= 0.3 is 0 Å². The van der Waals surface area contributed by atoms with Crippen LogP contribution in [0.4, 0.5) is 0 Å². The van der Waals surface area contributed by atoms with Gasteiger partial charge in [-0.15, -0.1) is 0 Å². The predicted octanol–water partition coefficient (Wildman–Crippen LogP) is 4.86. The molecule has 0 atom stereocenters. The first-order chi connectivity index (χ1) is 8.74. The van der Waals surface area contributed by atoms with Crippen molar-refractivity contribution in [3.63, 3.8) is 0 Å². The zero-order chi connectivity index (χ0) is 12.5. The number of hydrogen-bond acceptors (Lipinski definition) is 1. The molecule has 0 amide bonds. The third-order valence-corrected chi connectivity index (χ3v) is 3.32. The molecule has 0 spiro atoms. The van der Waals surface area contributed by atoms with E-state index in [1.807, 2.05) is 36.4 Å². The van der Waals surface area contributed by atoms with E-state index in [0.29, 0.717) is 0 Å². The normalized spacial score (nSPS) is 10.8. The summed E-state index contributed by atoms with van der Waals surface area (Å²) in [6.45, 7) is 2.08. The van der Waals surface area contributed by atoms with Gasteiger partial charge in [0, 0.05) is 16.0 Å². The summed E-state index contributed by atoms with van der Waals surface area (Å²) in [5.41, 5.74) is 4.13. The summed E-state index contributed by atoms with van der Waals surface area (Å²) in [4.78, 5) is 4.66. The van der Waals surface area contributed by atoms with Crippen molar-refractivity contribution < 1.29 is 0 Å². The first-order valence-electron chi connectivity index (χ1n) is 5.86. The van der Waals surface area contributed by atoms with Crippen LogP contribution in [0.5, 0.6) is 0 Å². The van der Waals surface area contributed by atoms with Gasteiger partial charge in [-0.1, -0.05) is 47.5 Å². The standard InChI is InChI=1S/C16H12ClN/c1-11-6-8-15-12(10-11)7-9-16(18-15)13-4-2-3-5-14(13)17/h2-10H,1H3. The Labute approximate surface area is 111 Å². The van der Waals surface area contributed by atoms with Gasteiger partial charge in [-0.05, 0) is 31.2 Å². The van der Waals surface area contributed by atoms with Crippen LogP contribution >= 0.6 is 11.6 Å². The van der Waals surface area contributed by atoms with Crippen LogP contribution in [0.3, 0.4) is 0 Å². The summed E-state index contributed by atoms with van der Waals surface area (Å²) in [5, 5.41) is 1.89. The maximum absolute atomic E-state index is 6.20. The molecular weight excluding hydrogens is 242 g/mol. The molecule has 1 nitrogen and oxygen atoms in total. The number of nitrogens with zero attached hydrogens (tertiary/aromatic N) is 1. The molecule has 18 heavy (non-hydrogen) atoms. The molecule has 0 aliphatic rings. The van der Waals surface area contributed by atoms with E-state index < -0.39 is 0 Å². The Morgan fingerprint density at radius 3 is 2.61 bits per heavy atom. The Balaban J connectivity index is 2.20. The number of pyridine rings is 1. The molecule has 0 bridgehead atoms. The maximum atomic E-state index is 6.20. The van der Waals surface area contributed by atoms with Gasteiger partial charge in [0.15, 0.2) is 0 Å². The molecule has 0 aliphatic heterocycles. The Bertz CT molecular complexity index is 719. The fourth-order valence-corrected chi connectivity index (χ4v) is 2.30. The van der Waals surface area contributed by atoms with E-state index >= 15 is 0 Å². The van der Waals surface area contributed by atoms with Crippen molar-refractivity contribution in [2.45, 2.75) is 6.92 Å². The minimum absolute atomic E-state index is 0.733. The molecule has 0 unspecified atom stereocenters. The number of benzene rings is 2. The first kappa shape index (κ1) is 11.2. The molecule has 2 heteroatoms. The van der Waals surface area contributed by atoms with E-state index in [0.717, 1.165) is 27.2 Å². The van der Waals surface area contributed by atoms with Crippen LogP contribution in [0.15, 0.2) is 54.6 Å². The fraction of sp³-hybridized carbons (Fsp3) is 0.0625. The summed E-state index contributed by atoms with van der Waals surface area (Å²) < 4.78 is 0. The highest BCUT2D eigenvalue weighted by atomic mass is 35.5. The second-order valence-corrected chi connectivity index (χ2v) is 4.78.